The molecule has 1 aromatic heterocycles. The highest BCUT2D eigenvalue weighted by molar-refractivity contribution is 5.92. The van der Waals surface area contributed by atoms with Crippen molar-refractivity contribution in [2.75, 3.05) is 5.32 Å². The quantitative estimate of drug-likeness (QED) is 0.350. The lowest BCUT2D eigenvalue weighted by atomic mass is 10.0. The first kappa shape index (κ1) is 20.2. The molecule has 0 saturated carbocycles. The van der Waals surface area contributed by atoms with Gasteiger partial charge in [0.2, 0.25) is 0 Å². The summed E-state index contributed by atoms with van der Waals surface area (Å²) in [6, 6.07) is 17.4. The molecule has 0 atom stereocenters. The molecule has 31 heavy (non-hydrogen) atoms. The van der Waals surface area contributed by atoms with Gasteiger partial charge in [-0.3, -0.25) is 5.32 Å². The lowest BCUT2D eigenvalue weighted by Gasteiger charge is -2.09. The van der Waals surface area contributed by atoms with Gasteiger partial charge < -0.3 is 10.1 Å². The number of benzene rings is 3. The Morgan fingerprint density at radius 3 is 2.45 bits per heavy atom. The van der Waals surface area contributed by atoms with Gasteiger partial charge in [0.1, 0.15) is 5.82 Å². The third-order valence-corrected chi connectivity index (χ3v) is 4.65. The number of amides is 1. The van der Waals surface area contributed by atoms with E-state index in [1.165, 1.54) is 12.1 Å². The molecule has 1 heterocycles. The number of H-pyrrole nitrogens is 1. The Morgan fingerprint density at radius 2 is 1.74 bits per heavy atom. The number of nitrogens with zero attached hydrogens (tertiary/aromatic N) is 1. The van der Waals surface area contributed by atoms with Crippen LogP contribution in [0.3, 0.4) is 0 Å². The summed E-state index contributed by atoms with van der Waals surface area (Å²) >= 11 is 0. The Morgan fingerprint density at radius 1 is 1.00 bits per heavy atom. The van der Waals surface area contributed by atoms with E-state index in [2.05, 4.69) is 15.3 Å². The highest BCUT2D eigenvalue weighted by Gasteiger charge is 2.29. The molecule has 0 spiro atoms. The van der Waals surface area contributed by atoms with Crippen LogP contribution < -0.4 is 5.32 Å². The second kappa shape index (κ2) is 7.98. The Labute approximate surface area is 174 Å². The standard InChI is InChI=1S/C23H16F3N3O2/c24-23(25,26)16-9-5-14(6-10-16)7-12-21-27-19-11-8-15(13-20(19)28-21)17-3-1-2-4-18(17)29-22(30)31/h1-13,29H,(H,27,28)(H,30,31)/b12-7+. The monoisotopic (exact) mass is 423 g/mol. The second-order valence-electron chi connectivity index (χ2n) is 6.78. The number of rotatable bonds is 4. The normalized spacial score (nSPS) is 11.8. The first-order valence-electron chi connectivity index (χ1n) is 9.24. The average molecular weight is 423 g/mol. The molecule has 0 saturated heterocycles. The minimum Gasteiger partial charge on any atom is -0.465 e. The summed E-state index contributed by atoms with van der Waals surface area (Å²) in [6.45, 7) is 0. The number of hydrogen-bond donors (Lipinski definition) is 3. The van der Waals surface area contributed by atoms with E-state index in [1.54, 1.807) is 24.3 Å². The molecule has 0 aliphatic rings. The van der Waals surface area contributed by atoms with Crippen molar-refractivity contribution in [3.05, 3.63) is 83.7 Å². The summed E-state index contributed by atoms with van der Waals surface area (Å²) in [6.07, 6.45) is -2.16. The molecule has 0 fully saturated rings. The molecule has 8 heteroatoms. The van der Waals surface area contributed by atoms with Crippen LogP contribution in [0.4, 0.5) is 23.7 Å². The summed E-state index contributed by atoms with van der Waals surface area (Å²) < 4.78 is 38.0. The fourth-order valence-electron chi connectivity index (χ4n) is 3.19. The zero-order chi connectivity index (χ0) is 22.0. The molecule has 3 aromatic carbocycles. The summed E-state index contributed by atoms with van der Waals surface area (Å²) in [5.41, 5.74) is 3.37. The number of alkyl halides is 3. The van der Waals surface area contributed by atoms with E-state index in [0.717, 1.165) is 28.8 Å². The molecule has 1 amide bonds. The van der Waals surface area contributed by atoms with Gasteiger partial charge in [-0.05, 0) is 47.5 Å². The van der Waals surface area contributed by atoms with Crippen LogP contribution in [0, 0.1) is 0 Å². The first-order chi connectivity index (χ1) is 14.8. The predicted octanol–water partition coefficient (Wildman–Crippen LogP) is 6.51. The number of fused-ring (bicyclic) bond motifs is 1. The highest BCUT2D eigenvalue weighted by atomic mass is 19.4. The van der Waals surface area contributed by atoms with Gasteiger partial charge in [0, 0.05) is 5.56 Å². The number of aromatic nitrogens is 2. The van der Waals surface area contributed by atoms with Gasteiger partial charge >= 0.3 is 12.3 Å². The molecule has 0 unspecified atom stereocenters. The van der Waals surface area contributed by atoms with Crippen LogP contribution in [0.25, 0.3) is 34.3 Å². The number of aromatic amines is 1. The largest absolute Gasteiger partial charge is 0.465 e. The molecular formula is C23H16F3N3O2. The number of anilines is 1. The molecule has 0 aliphatic carbocycles. The van der Waals surface area contributed by atoms with E-state index in [1.807, 2.05) is 30.3 Å². The molecule has 5 nitrogen and oxygen atoms in total. The smallest absolute Gasteiger partial charge is 0.416 e. The predicted molar refractivity (Wildman–Crippen MR) is 114 cm³/mol. The lowest BCUT2D eigenvalue weighted by Crippen LogP contribution is -2.08. The fourth-order valence-corrected chi connectivity index (χ4v) is 3.19. The summed E-state index contributed by atoms with van der Waals surface area (Å²) in [4.78, 5) is 18.6. The highest BCUT2D eigenvalue weighted by Crippen LogP contribution is 2.31. The van der Waals surface area contributed by atoms with Crippen LogP contribution in [-0.4, -0.2) is 21.2 Å². The van der Waals surface area contributed by atoms with Crippen molar-refractivity contribution in [3.8, 4) is 11.1 Å². The minimum atomic E-state index is -4.36. The number of carbonyl (C=O) groups is 1. The van der Waals surface area contributed by atoms with Crippen molar-refractivity contribution >= 4 is 35.0 Å². The molecule has 4 aromatic rings. The topological polar surface area (TPSA) is 78.0 Å². The van der Waals surface area contributed by atoms with E-state index in [4.69, 9.17) is 5.11 Å². The van der Waals surface area contributed by atoms with E-state index in [0.29, 0.717) is 22.6 Å². The van der Waals surface area contributed by atoms with Crippen molar-refractivity contribution in [1.82, 2.24) is 9.97 Å². The summed E-state index contributed by atoms with van der Waals surface area (Å²) in [5.74, 6) is 0.545. The Balaban J connectivity index is 1.60. The lowest BCUT2D eigenvalue weighted by molar-refractivity contribution is -0.137. The van der Waals surface area contributed by atoms with Crippen molar-refractivity contribution in [2.24, 2.45) is 0 Å². The number of nitrogens with one attached hydrogen (secondary N) is 2. The second-order valence-corrected chi connectivity index (χ2v) is 6.78. The summed E-state index contributed by atoms with van der Waals surface area (Å²) in [7, 11) is 0. The molecule has 0 bridgehead atoms. The zero-order valence-electron chi connectivity index (χ0n) is 15.9. The van der Waals surface area contributed by atoms with Crippen LogP contribution in [0.1, 0.15) is 17.0 Å². The fraction of sp³-hybridized carbons (Fsp3) is 0.0435. The molecule has 0 aliphatic heterocycles. The van der Waals surface area contributed by atoms with Gasteiger partial charge in [-0.1, -0.05) is 42.5 Å². The van der Waals surface area contributed by atoms with E-state index in [9.17, 15) is 18.0 Å². The van der Waals surface area contributed by atoms with Gasteiger partial charge in [-0.15, -0.1) is 0 Å². The molecule has 3 N–H and O–H groups in total. The number of imidazole rings is 1. The van der Waals surface area contributed by atoms with E-state index in [-0.39, 0.29) is 0 Å². The van der Waals surface area contributed by atoms with Crippen molar-refractivity contribution in [1.29, 1.82) is 0 Å². The minimum absolute atomic E-state index is 0.469. The number of halogens is 3. The molecule has 4 rings (SSSR count). The van der Waals surface area contributed by atoms with Crippen LogP contribution in [-0.2, 0) is 6.18 Å². The third kappa shape index (κ3) is 4.58. The molecular weight excluding hydrogens is 407 g/mol. The van der Waals surface area contributed by atoms with Gasteiger partial charge in [-0.2, -0.15) is 13.2 Å². The molecule has 0 radical (unpaired) electrons. The number of carboxylic acid groups (broad SMARTS) is 1. The van der Waals surface area contributed by atoms with E-state index >= 15 is 0 Å². The maximum Gasteiger partial charge on any atom is 0.416 e. The van der Waals surface area contributed by atoms with Crippen LogP contribution >= 0.6 is 0 Å². The Bertz CT molecular complexity index is 1280. The van der Waals surface area contributed by atoms with Gasteiger partial charge in [-0.25, -0.2) is 9.78 Å². The Hall–Kier alpha value is -4.07. The van der Waals surface area contributed by atoms with E-state index < -0.39 is 17.8 Å². The SMILES string of the molecule is O=C(O)Nc1ccccc1-c1ccc2nc(/C=C/c3ccc(C(F)(F)F)cc3)[nH]c2c1. The average Bonchev–Trinajstić information content (AvgIpc) is 3.14. The van der Waals surface area contributed by atoms with Crippen LogP contribution in [0.15, 0.2) is 66.7 Å². The Kier molecular flexibility index (Phi) is 5.21. The van der Waals surface area contributed by atoms with Crippen molar-refractivity contribution in [2.45, 2.75) is 6.18 Å². The van der Waals surface area contributed by atoms with Gasteiger partial charge in [0.25, 0.3) is 0 Å². The molecule has 156 valence electrons. The van der Waals surface area contributed by atoms with Crippen molar-refractivity contribution in [3.63, 3.8) is 0 Å². The van der Waals surface area contributed by atoms with Crippen molar-refractivity contribution < 1.29 is 23.1 Å². The van der Waals surface area contributed by atoms with Gasteiger partial charge in [0.15, 0.2) is 0 Å². The summed E-state index contributed by atoms with van der Waals surface area (Å²) in [5, 5.41) is 11.4. The first-order valence-corrected chi connectivity index (χ1v) is 9.24. The van der Waals surface area contributed by atoms with Crippen LogP contribution in [0.2, 0.25) is 0 Å². The maximum absolute atomic E-state index is 12.7. The zero-order valence-corrected chi connectivity index (χ0v) is 15.9. The maximum atomic E-state index is 12.7. The van der Waals surface area contributed by atoms with Gasteiger partial charge in [0.05, 0.1) is 22.3 Å². The third-order valence-electron chi connectivity index (χ3n) is 4.65. The number of para-hydroxylation sites is 1. The number of hydrogen-bond acceptors (Lipinski definition) is 2. The van der Waals surface area contributed by atoms with Crippen LogP contribution in [0.5, 0.6) is 0 Å².